The molecule has 0 aromatic rings. The number of piperidine rings is 1. The molecule has 2 rings (SSSR count). The summed E-state index contributed by atoms with van der Waals surface area (Å²) in [5.74, 6) is 0.225. The first kappa shape index (κ1) is 7.54. The van der Waals surface area contributed by atoms with E-state index in [1.165, 1.54) is 0 Å². The van der Waals surface area contributed by atoms with E-state index in [-0.39, 0.29) is 11.9 Å². The molecule has 2 heterocycles. The smallest absolute Gasteiger partial charge is 0.254 e. The highest BCUT2D eigenvalue weighted by Crippen LogP contribution is 2.25. The van der Waals surface area contributed by atoms with Gasteiger partial charge in [-0.25, -0.2) is 4.99 Å². The summed E-state index contributed by atoms with van der Waals surface area (Å²) in [4.78, 5) is 15.6. The van der Waals surface area contributed by atoms with Crippen molar-refractivity contribution in [2.45, 2.75) is 18.4 Å². The van der Waals surface area contributed by atoms with Gasteiger partial charge in [0, 0.05) is 0 Å². The second-order valence-corrected chi connectivity index (χ2v) is 3.23. The van der Waals surface area contributed by atoms with Gasteiger partial charge in [-0.3, -0.25) is 10.1 Å². The minimum absolute atomic E-state index is 0.0403. The topological polar surface area (TPSA) is 79.5 Å². The quantitative estimate of drug-likeness (QED) is 0.414. The van der Waals surface area contributed by atoms with Crippen LogP contribution in [-0.4, -0.2) is 30.5 Å². The lowest BCUT2D eigenvalue weighted by Crippen LogP contribution is -2.47. The highest BCUT2D eigenvalue weighted by atomic mass is 16.2. The Labute approximate surface area is 70.4 Å². The number of guanidine groups is 1. The van der Waals surface area contributed by atoms with Crippen molar-refractivity contribution in [3.63, 3.8) is 0 Å². The number of aliphatic imine (C=N–C) groups is 1. The van der Waals surface area contributed by atoms with E-state index in [1.807, 2.05) is 0 Å². The van der Waals surface area contributed by atoms with Crippen molar-refractivity contribution in [3.05, 3.63) is 0 Å². The Kier molecular flexibility index (Phi) is 1.54. The Morgan fingerprint density at radius 1 is 1.42 bits per heavy atom. The van der Waals surface area contributed by atoms with Crippen molar-refractivity contribution < 1.29 is 4.79 Å². The summed E-state index contributed by atoms with van der Waals surface area (Å²) in [6.07, 6.45) is 1.50. The maximum absolute atomic E-state index is 11.4. The van der Waals surface area contributed by atoms with E-state index in [9.17, 15) is 4.79 Å². The fourth-order valence-electron chi connectivity index (χ4n) is 1.72. The monoisotopic (exact) mass is 168 g/mol. The molecular weight excluding hydrogens is 156 g/mol. The highest BCUT2D eigenvalue weighted by molar-refractivity contribution is 6.06. The fraction of sp³-hybridized carbons (Fsp3) is 0.714. The molecule has 12 heavy (non-hydrogen) atoms. The van der Waals surface area contributed by atoms with Gasteiger partial charge in [-0.2, -0.15) is 0 Å². The van der Waals surface area contributed by atoms with Crippen molar-refractivity contribution in [1.82, 2.24) is 10.6 Å². The number of nitrogens with two attached hydrogens (primary N) is 1. The van der Waals surface area contributed by atoms with Gasteiger partial charge in [-0.05, 0) is 25.9 Å². The first-order chi connectivity index (χ1) is 5.73. The molecule has 66 valence electrons. The van der Waals surface area contributed by atoms with Crippen molar-refractivity contribution in [2.24, 2.45) is 10.7 Å². The van der Waals surface area contributed by atoms with Crippen LogP contribution in [0.25, 0.3) is 0 Å². The average Bonchev–Trinajstić information content (AvgIpc) is 2.29. The van der Waals surface area contributed by atoms with E-state index >= 15 is 0 Å². The largest absolute Gasteiger partial charge is 0.370 e. The van der Waals surface area contributed by atoms with Crippen molar-refractivity contribution >= 4 is 11.9 Å². The first-order valence-electron chi connectivity index (χ1n) is 4.10. The third-order valence-electron chi connectivity index (χ3n) is 2.43. The summed E-state index contributed by atoms with van der Waals surface area (Å²) in [6.45, 7) is 1.67. The molecule has 1 amide bonds. The molecule has 4 N–H and O–H groups in total. The molecule has 0 radical (unpaired) electrons. The Morgan fingerprint density at radius 2 is 2.08 bits per heavy atom. The summed E-state index contributed by atoms with van der Waals surface area (Å²) in [5.41, 5.74) is 4.88. The van der Waals surface area contributed by atoms with Crippen LogP contribution in [0.2, 0.25) is 0 Å². The number of carbonyl (C=O) groups is 1. The highest BCUT2D eigenvalue weighted by Gasteiger charge is 2.43. The van der Waals surface area contributed by atoms with Crippen LogP contribution in [0.1, 0.15) is 12.8 Å². The third-order valence-corrected chi connectivity index (χ3v) is 2.43. The van der Waals surface area contributed by atoms with Gasteiger partial charge in [0.1, 0.15) is 5.54 Å². The van der Waals surface area contributed by atoms with E-state index in [0.29, 0.717) is 0 Å². The second-order valence-electron chi connectivity index (χ2n) is 3.23. The maximum atomic E-state index is 11.4. The molecule has 0 unspecified atom stereocenters. The summed E-state index contributed by atoms with van der Waals surface area (Å²) in [6, 6.07) is 0. The Morgan fingerprint density at radius 3 is 2.58 bits per heavy atom. The molecule has 0 bridgehead atoms. The van der Waals surface area contributed by atoms with Gasteiger partial charge in [-0.1, -0.05) is 0 Å². The standard InChI is InChI=1S/C7H12N4O/c8-6-10-5(12)7(11-6)1-3-9-4-2-7/h9H,1-4H2,(H3,8,10,11,12). The molecule has 0 aliphatic carbocycles. The Bertz CT molecular complexity index is 242. The number of hydrogen-bond acceptors (Lipinski definition) is 4. The molecule has 0 aromatic heterocycles. The van der Waals surface area contributed by atoms with E-state index in [4.69, 9.17) is 5.73 Å². The van der Waals surface area contributed by atoms with Gasteiger partial charge < -0.3 is 11.1 Å². The molecule has 0 aromatic carbocycles. The van der Waals surface area contributed by atoms with Gasteiger partial charge in [0.25, 0.3) is 5.91 Å². The summed E-state index contributed by atoms with van der Waals surface area (Å²) >= 11 is 0. The molecular formula is C7H12N4O. The summed E-state index contributed by atoms with van der Waals surface area (Å²) in [7, 11) is 0. The number of nitrogens with one attached hydrogen (secondary N) is 2. The summed E-state index contributed by atoms with van der Waals surface area (Å²) < 4.78 is 0. The average molecular weight is 168 g/mol. The van der Waals surface area contributed by atoms with Gasteiger partial charge in [-0.15, -0.1) is 0 Å². The number of rotatable bonds is 0. The van der Waals surface area contributed by atoms with E-state index in [2.05, 4.69) is 15.6 Å². The van der Waals surface area contributed by atoms with Gasteiger partial charge >= 0.3 is 0 Å². The molecule has 5 heteroatoms. The molecule has 2 aliphatic heterocycles. The Balaban J connectivity index is 2.23. The lowest BCUT2D eigenvalue weighted by Gasteiger charge is -2.27. The zero-order valence-electron chi connectivity index (χ0n) is 6.76. The molecule has 1 fully saturated rings. The van der Waals surface area contributed by atoms with Crippen LogP contribution in [0.5, 0.6) is 0 Å². The first-order valence-corrected chi connectivity index (χ1v) is 4.10. The molecule has 0 saturated carbocycles. The van der Waals surface area contributed by atoms with Gasteiger partial charge in [0.15, 0.2) is 5.96 Å². The van der Waals surface area contributed by atoms with Crippen molar-refractivity contribution in [1.29, 1.82) is 0 Å². The minimum atomic E-state index is -0.546. The minimum Gasteiger partial charge on any atom is -0.370 e. The summed E-state index contributed by atoms with van der Waals surface area (Å²) in [5, 5.41) is 5.72. The van der Waals surface area contributed by atoms with Crippen LogP contribution >= 0.6 is 0 Å². The zero-order valence-corrected chi connectivity index (χ0v) is 6.76. The van der Waals surface area contributed by atoms with Crippen LogP contribution in [0.3, 0.4) is 0 Å². The number of carbonyl (C=O) groups excluding carboxylic acids is 1. The SMILES string of the molecule is NC1=NC2(CCNCC2)C(=O)N1. The van der Waals surface area contributed by atoms with Crippen LogP contribution in [-0.2, 0) is 4.79 Å². The lowest BCUT2D eigenvalue weighted by molar-refractivity contribution is -0.124. The zero-order chi connectivity index (χ0) is 8.60. The number of amides is 1. The van der Waals surface area contributed by atoms with E-state index < -0.39 is 5.54 Å². The van der Waals surface area contributed by atoms with Gasteiger partial charge in [0.05, 0.1) is 0 Å². The molecule has 1 saturated heterocycles. The maximum Gasteiger partial charge on any atom is 0.254 e. The molecule has 0 atom stereocenters. The van der Waals surface area contributed by atoms with Crippen LogP contribution in [0, 0.1) is 0 Å². The Hall–Kier alpha value is -1.10. The van der Waals surface area contributed by atoms with Crippen LogP contribution in [0.4, 0.5) is 0 Å². The van der Waals surface area contributed by atoms with Crippen molar-refractivity contribution in [2.75, 3.05) is 13.1 Å². The number of hydrogen-bond donors (Lipinski definition) is 3. The lowest BCUT2D eigenvalue weighted by atomic mass is 9.89. The van der Waals surface area contributed by atoms with Crippen molar-refractivity contribution in [3.8, 4) is 0 Å². The molecule has 2 aliphatic rings. The van der Waals surface area contributed by atoms with Crippen LogP contribution < -0.4 is 16.4 Å². The number of nitrogens with zero attached hydrogens (tertiary/aromatic N) is 1. The molecule has 5 nitrogen and oxygen atoms in total. The van der Waals surface area contributed by atoms with Gasteiger partial charge in [0.2, 0.25) is 0 Å². The third kappa shape index (κ3) is 0.972. The van der Waals surface area contributed by atoms with E-state index in [0.717, 1.165) is 25.9 Å². The predicted octanol–water partition coefficient (Wildman–Crippen LogP) is -1.45. The fourth-order valence-corrected chi connectivity index (χ4v) is 1.72. The second kappa shape index (κ2) is 2.45. The van der Waals surface area contributed by atoms with Crippen LogP contribution in [0.15, 0.2) is 4.99 Å². The molecule has 1 spiro atoms. The normalized spacial score (nSPS) is 27.0. The predicted molar refractivity (Wildman–Crippen MR) is 44.6 cm³/mol. The van der Waals surface area contributed by atoms with E-state index in [1.54, 1.807) is 0 Å².